The predicted octanol–water partition coefficient (Wildman–Crippen LogP) is 0.794. The lowest BCUT2D eigenvalue weighted by Gasteiger charge is -2.43. The SMILES string of the molecule is COCCN1C(C)CN(C(=O)OC)CC1C. The minimum Gasteiger partial charge on any atom is -0.453 e. The molecule has 0 aromatic heterocycles. The van der Waals surface area contributed by atoms with E-state index in [1.165, 1.54) is 7.11 Å². The van der Waals surface area contributed by atoms with Gasteiger partial charge < -0.3 is 14.4 Å². The summed E-state index contributed by atoms with van der Waals surface area (Å²) in [5.41, 5.74) is 0. The summed E-state index contributed by atoms with van der Waals surface area (Å²) in [5.74, 6) is 0. The molecule has 94 valence electrons. The molecule has 0 spiro atoms. The van der Waals surface area contributed by atoms with Crippen molar-refractivity contribution in [2.45, 2.75) is 25.9 Å². The Balaban J connectivity index is 2.53. The molecule has 0 aromatic rings. The van der Waals surface area contributed by atoms with Crippen LogP contribution in [0.15, 0.2) is 0 Å². The lowest BCUT2D eigenvalue weighted by molar-refractivity contribution is 0.0198. The lowest BCUT2D eigenvalue weighted by atomic mass is 10.1. The fourth-order valence-corrected chi connectivity index (χ4v) is 2.27. The number of hydrogen-bond acceptors (Lipinski definition) is 4. The molecule has 0 aliphatic carbocycles. The third-order valence-corrected chi connectivity index (χ3v) is 3.09. The zero-order valence-electron chi connectivity index (χ0n) is 10.6. The van der Waals surface area contributed by atoms with E-state index in [0.29, 0.717) is 12.1 Å². The molecule has 1 aliphatic heterocycles. The molecule has 0 radical (unpaired) electrons. The van der Waals surface area contributed by atoms with Gasteiger partial charge in [0, 0.05) is 38.8 Å². The van der Waals surface area contributed by atoms with E-state index in [1.54, 1.807) is 12.0 Å². The maximum atomic E-state index is 11.4. The number of ether oxygens (including phenoxy) is 2. The first-order valence-corrected chi connectivity index (χ1v) is 5.67. The number of amides is 1. The van der Waals surface area contributed by atoms with E-state index < -0.39 is 0 Å². The molecule has 16 heavy (non-hydrogen) atoms. The van der Waals surface area contributed by atoms with Crippen molar-refractivity contribution in [1.82, 2.24) is 9.80 Å². The molecule has 1 heterocycles. The van der Waals surface area contributed by atoms with Gasteiger partial charge in [0.25, 0.3) is 0 Å². The van der Waals surface area contributed by atoms with Gasteiger partial charge in [-0.25, -0.2) is 4.79 Å². The van der Waals surface area contributed by atoms with Gasteiger partial charge >= 0.3 is 6.09 Å². The van der Waals surface area contributed by atoms with Crippen LogP contribution in [0.3, 0.4) is 0 Å². The topological polar surface area (TPSA) is 42.0 Å². The number of hydrogen-bond donors (Lipinski definition) is 0. The molecular formula is C11H22N2O3. The van der Waals surface area contributed by atoms with Gasteiger partial charge in [0.15, 0.2) is 0 Å². The van der Waals surface area contributed by atoms with Crippen molar-refractivity contribution in [1.29, 1.82) is 0 Å². The van der Waals surface area contributed by atoms with Crippen LogP contribution in [0.25, 0.3) is 0 Å². The number of rotatable bonds is 3. The molecule has 5 nitrogen and oxygen atoms in total. The highest BCUT2D eigenvalue weighted by Gasteiger charge is 2.31. The Labute approximate surface area is 97.3 Å². The molecule has 2 unspecified atom stereocenters. The molecule has 1 aliphatic rings. The van der Waals surface area contributed by atoms with Gasteiger partial charge in [-0.3, -0.25) is 4.90 Å². The minimum atomic E-state index is -0.231. The van der Waals surface area contributed by atoms with Crippen molar-refractivity contribution >= 4 is 6.09 Å². The Kier molecular flexibility index (Phi) is 5.02. The van der Waals surface area contributed by atoms with Crippen LogP contribution in [0.4, 0.5) is 4.79 Å². The average Bonchev–Trinajstić information content (AvgIpc) is 2.26. The summed E-state index contributed by atoms with van der Waals surface area (Å²) in [6, 6.07) is 0.691. The maximum absolute atomic E-state index is 11.4. The molecule has 1 amide bonds. The number of carbonyl (C=O) groups is 1. The summed E-state index contributed by atoms with van der Waals surface area (Å²) >= 11 is 0. The molecule has 1 fully saturated rings. The van der Waals surface area contributed by atoms with Crippen LogP contribution >= 0.6 is 0 Å². The number of piperazine rings is 1. The summed E-state index contributed by atoms with van der Waals surface area (Å²) in [7, 11) is 3.13. The van der Waals surface area contributed by atoms with Crippen LogP contribution in [0.2, 0.25) is 0 Å². The third kappa shape index (κ3) is 3.09. The van der Waals surface area contributed by atoms with Crippen LogP contribution in [-0.4, -0.2) is 68.4 Å². The first-order valence-electron chi connectivity index (χ1n) is 5.67. The van der Waals surface area contributed by atoms with Crippen molar-refractivity contribution in [2.75, 3.05) is 40.5 Å². The molecule has 1 saturated heterocycles. The Bertz CT molecular complexity index is 223. The van der Waals surface area contributed by atoms with E-state index in [1.807, 2.05) is 0 Å². The second kappa shape index (κ2) is 6.06. The highest BCUT2D eigenvalue weighted by molar-refractivity contribution is 5.67. The summed E-state index contributed by atoms with van der Waals surface area (Å²) in [6.45, 7) is 7.34. The molecule has 0 saturated carbocycles. The van der Waals surface area contributed by atoms with Crippen molar-refractivity contribution in [3.8, 4) is 0 Å². The quantitative estimate of drug-likeness (QED) is 0.719. The number of carbonyl (C=O) groups excluding carboxylic acids is 1. The zero-order chi connectivity index (χ0) is 12.1. The van der Waals surface area contributed by atoms with E-state index >= 15 is 0 Å². The number of nitrogens with zero attached hydrogens (tertiary/aromatic N) is 2. The van der Waals surface area contributed by atoms with Crippen LogP contribution in [-0.2, 0) is 9.47 Å². The van der Waals surface area contributed by atoms with Crippen LogP contribution < -0.4 is 0 Å². The summed E-state index contributed by atoms with van der Waals surface area (Å²) in [5, 5.41) is 0. The maximum Gasteiger partial charge on any atom is 0.409 e. The average molecular weight is 230 g/mol. The smallest absolute Gasteiger partial charge is 0.409 e. The van der Waals surface area contributed by atoms with Crippen LogP contribution in [0, 0.1) is 0 Å². The second-order valence-corrected chi connectivity index (χ2v) is 4.30. The van der Waals surface area contributed by atoms with Crippen LogP contribution in [0.5, 0.6) is 0 Å². The molecule has 0 bridgehead atoms. The van der Waals surface area contributed by atoms with Crippen molar-refractivity contribution < 1.29 is 14.3 Å². The summed E-state index contributed by atoms with van der Waals surface area (Å²) in [4.78, 5) is 15.6. The van der Waals surface area contributed by atoms with Gasteiger partial charge in [0.1, 0.15) is 0 Å². The van der Waals surface area contributed by atoms with E-state index in [0.717, 1.165) is 26.2 Å². The first kappa shape index (κ1) is 13.3. The van der Waals surface area contributed by atoms with Crippen LogP contribution in [0.1, 0.15) is 13.8 Å². The molecule has 1 rings (SSSR count). The van der Waals surface area contributed by atoms with Gasteiger partial charge in [-0.1, -0.05) is 0 Å². The Morgan fingerprint density at radius 3 is 2.25 bits per heavy atom. The Morgan fingerprint density at radius 2 is 1.81 bits per heavy atom. The zero-order valence-corrected chi connectivity index (χ0v) is 10.6. The van der Waals surface area contributed by atoms with Gasteiger partial charge in [-0.2, -0.15) is 0 Å². The van der Waals surface area contributed by atoms with E-state index in [2.05, 4.69) is 18.7 Å². The van der Waals surface area contributed by atoms with E-state index in [-0.39, 0.29) is 6.09 Å². The van der Waals surface area contributed by atoms with E-state index in [4.69, 9.17) is 9.47 Å². The van der Waals surface area contributed by atoms with Crippen molar-refractivity contribution in [2.24, 2.45) is 0 Å². The highest BCUT2D eigenvalue weighted by atomic mass is 16.5. The van der Waals surface area contributed by atoms with E-state index in [9.17, 15) is 4.79 Å². The minimum absolute atomic E-state index is 0.231. The van der Waals surface area contributed by atoms with Gasteiger partial charge in [0.2, 0.25) is 0 Å². The number of methoxy groups -OCH3 is 2. The monoisotopic (exact) mass is 230 g/mol. The summed E-state index contributed by atoms with van der Waals surface area (Å²) in [6.07, 6.45) is -0.231. The Hall–Kier alpha value is -0.810. The van der Waals surface area contributed by atoms with Gasteiger partial charge in [-0.05, 0) is 13.8 Å². The van der Waals surface area contributed by atoms with Crippen molar-refractivity contribution in [3.05, 3.63) is 0 Å². The third-order valence-electron chi connectivity index (χ3n) is 3.09. The molecule has 2 atom stereocenters. The van der Waals surface area contributed by atoms with Gasteiger partial charge in [-0.15, -0.1) is 0 Å². The second-order valence-electron chi connectivity index (χ2n) is 4.30. The highest BCUT2D eigenvalue weighted by Crippen LogP contribution is 2.15. The van der Waals surface area contributed by atoms with Gasteiger partial charge in [0.05, 0.1) is 13.7 Å². The normalized spacial score (nSPS) is 26.9. The fraction of sp³-hybridized carbons (Fsp3) is 0.909. The largest absolute Gasteiger partial charge is 0.453 e. The standard InChI is InChI=1S/C11H22N2O3/c1-9-7-12(11(14)16-4)8-10(2)13(9)5-6-15-3/h9-10H,5-8H2,1-4H3. The molecule has 5 heteroatoms. The molecule has 0 N–H and O–H groups in total. The molecular weight excluding hydrogens is 208 g/mol. The first-order chi connectivity index (χ1) is 7.60. The molecule has 0 aromatic carbocycles. The van der Waals surface area contributed by atoms with Crippen molar-refractivity contribution in [3.63, 3.8) is 0 Å². The summed E-state index contributed by atoms with van der Waals surface area (Å²) < 4.78 is 9.84. The predicted molar refractivity (Wildman–Crippen MR) is 61.5 cm³/mol. The Morgan fingerprint density at radius 1 is 1.25 bits per heavy atom. The fourth-order valence-electron chi connectivity index (χ4n) is 2.27. The lowest BCUT2D eigenvalue weighted by Crippen LogP contribution is -2.58.